The zero-order valence-electron chi connectivity index (χ0n) is 8.20. The Balaban J connectivity index is 2.34. The van der Waals surface area contributed by atoms with Gasteiger partial charge in [-0.2, -0.15) is 0 Å². The summed E-state index contributed by atoms with van der Waals surface area (Å²) in [5.74, 6) is 4.11. The normalized spacial score (nSPS) is 49.2. The van der Waals surface area contributed by atoms with Crippen LogP contribution in [0.3, 0.4) is 0 Å². The largest absolute Gasteiger partial charge is 0.380 e. The molecule has 2 rings (SSSR count). The number of allylic oxidation sites excluding steroid dienone is 2. The van der Waals surface area contributed by atoms with Crippen molar-refractivity contribution >= 4 is 0 Å². The van der Waals surface area contributed by atoms with Crippen molar-refractivity contribution in [2.75, 3.05) is 0 Å². The number of aliphatic hydroxyl groups is 1. The average Bonchev–Trinajstić information content (AvgIpc) is 2.69. The Morgan fingerprint density at radius 3 is 2.77 bits per heavy atom. The maximum Gasteiger partial charge on any atom is 0.120 e. The van der Waals surface area contributed by atoms with Crippen LogP contribution >= 0.6 is 0 Å². The number of hydrogen-bond acceptors (Lipinski definition) is 1. The minimum atomic E-state index is -0.595. The fourth-order valence-corrected chi connectivity index (χ4v) is 2.99. The van der Waals surface area contributed by atoms with Crippen LogP contribution in [-0.2, 0) is 0 Å². The summed E-state index contributed by atoms with van der Waals surface area (Å²) in [5.41, 5.74) is -0.0891. The van der Waals surface area contributed by atoms with Crippen molar-refractivity contribution in [1.82, 2.24) is 0 Å². The molecule has 2 bridgehead atoms. The highest BCUT2D eigenvalue weighted by Gasteiger charge is 2.54. The smallest absolute Gasteiger partial charge is 0.120 e. The summed E-state index contributed by atoms with van der Waals surface area (Å²) in [4.78, 5) is 0. The van der Waals surface area contributed by atoms with Gasteiger partial charge >= 0.3 is 0 Å². The van der Waals surface area contributed by atoms with E-state index in [0.29, 0.717) is 17.8 Å². The first kappa shape index (κ1) is 8.84. The molecular weight excluding hydrogens is 160 g/mol. The molecule has 1 saturated carbocycles. The number of hydrogen-bond donors (Lipinski definition) is 1. The molecule has 0 aromatic rings. The Hall–Kier alpha value is -0.740. The van der Waals surface area contributed by atoms with Gasteiger partial charge in [-0.1, -0.05) is 31.9 Å². The highest BCUT2D eigenvalue weighted by molar-refractivity contribution is 5.22. The summed E-state index contributed by atoms with van der Waals surface area (Å²) in [5, 5.41) is 9.84. The summed E-state index contributed by atoms with van der Waals surface area (Å²) in [6.45, 7) is 4.32. The van der Waals surface area contributed by atoms with E-state index in [-0.39, 0.29) is 5.41 Å². The molecule has 0 radical (unpaired) electrons. The number of fused-ring (bicyclic) bond motifs is 2. The van der Waals surface area contributed by atoms with Crippen LogP contribution in [0.25, 0.3) is 0 Å². The van der Waals surface area contributed by atoms with E-state index in [2.05, 4.69) is 31.9 Å². The number of terminal acetylenes is 1. The van der Waals surface area contributed by atoms with Crippen LogP contribution in [0.2, 0.25) is 0 Å². The van der Waals surface area contributed by atoms with Gasteiger partial charge in [-0.3, -0.25) is 0 Å². The predicted octanol–water partition coefficient (Wildman–Crippen LogP) is 1.83. The monoisotopic (exact) mass is 176 g/mol. The van der Waals surface area contributed by atoms with Crippen molar-refractivity contribution in [1.29, 1.82) is 0 Å². The van der Waals surface area contributed by atoms with Gasteiger partial charge in [0.15, 0.2) is 0 Å². The predicted molar refractivity (Wildman–Crippen MR) is 52.8 cm³/mol. The van der Waals surface area contributed by atoms with Crippen LogP contribution in [-0.4, -0.2) is 11.2 Å². The quantitative estimate of drug-likeness (QED) is 0.477. The molecule has 0 amide bonds. The minimum absolute atomic E-state index is 0.0891. The first-order valence-electron chi connectivity index (χ1n) is 4.93. The van der Waals surface area contributed by atoms with Crippen LogP contribution in [0.1, 0.15) is 20.3 Å². The van der Waals surface area contributed by atoms with Crippen LogP contribution in [0.15, 0.2) is 12.2 Å². The fraction of sp³-hybridized carbons (Fsp3) is 0.667. The van der Waals surface area contributed by atoms with E-state index in [1.165, 1.54) is 6.42 Å². The van der Waals surface area contributed by atoms with E-state index in [0.717, 1.165) is 0 Å². The molecule has 0 heterocycles. The second kappa shape index (κ2) is 2.62. The molecule has 2 aliphatic rings. The summed E-state index contributed by atoms with van der Waals surface area (Å²) >= 11 is 0. The second-order valence-corrected chi connectivity index (χ2v) is 4.61. The van der Waals surface area contributed by atoms with Crippen molar-refractivity contribution in [2.45, 2.75) is 26.4 Å². The van der Waals surface area contributed by atoms with Crippen LogP contribution < -0.4 is 0 Å². The van der Waals surface area contributed by atoms with Gasteiger partial charge in [0, 0.05) is 5.41 Å². The van der Waals surface area contributed by atoms with E-state index >= 15 is 0 Å². The van der Waals surface area contributed by atoms with Gasteiger partial charge in [-0.05, 0) is 24.2 Å². The topological polar surface area (TPSA) is 20.2 Å². The third kappa shape index (κ3) is 0.928. The summed E-state index contributed by atoms with van der Waals surface area (Å²) < 4.78 is 0. The molecule has 1 N–H and O–H groups in total. The summed E-state index contributed by atoms with van der Waals surface area (Å²) in [6, 6.07) is 0. The third-order valence-electron chi connectivity index (χ3n) is 4.29. The van der Waals surface area contributed by atoms with E-state index in [1.807, 2.05) is 0 Å². The maximum atomic E-state index is 9.84. The lowest BCUT2D eigenvalue weighted by Crippen LogP contribution is -2.40. The van der Waals surface area contributed by atoms with Crippen LogP contribution in [0.5, 0.6) is 0 Å². The van der Waals surface area contributed by atoms with Crippen LogP contribution in [0.4, 0.5) is 0 Å². The molecule has 70 valence electrons. The molecule has 0 spiro atoms. The Morgan fingerprint density at radius 2 is 2.31 bits per heavy atom. The van der Waals surface area contributed by atoms with Gasteiger partial charge in [0.25, 0.3) is 0 Å². The summed E-state index contributed by atoms with van der Waals surface area (Å²) in [7, 11) is 0. The van der Waals surface area contributed by atoms with Gasteiger partial charge in [-0.25, -0.2) is 0 Å². The second-order valence-electron chi connectivity index (χ2n) is 4.61. The Bertz CT molecular complexity index is 286. The zero-order chi connectivity index (χ0) is 9.64. The first-order chi connectivity index (χ1) is 6.10. The summed E-state index contributed by atoms with van der Waals surface area (Å²) in [6.07, 6.45) is 10.4. The molecule has 0 aromatic heterocycles. The molecule has 0 aromatic carbocycles. The maximum absolute atomic E-state index is 9.84. The number of rotatable bonds is 1. The van der Waals surface area contributed by atoms with Gasteiger partial charge < -0.3 is 5.11 Å². The third-order valence-corrected chi connectivity index (χ3v) is 4.29. The molecule has 13 heavy (non-hydrogen) atoms. The molecular formula is C12H16O. The van der Waals surface area contributed by atoms with E-state index in [1.54, 1.807) is 0 Å². The molecule has 0 aliphatic heterocycles. The lowest BCUT2D eigenvalue weighted by molar-refractivity contribution is 0.0262. The standard InChI is InChI=1S/C12H16O/c1-4-11(13)12(3)8(2)9-5-6-10(12)7-9/h1,5-6,8-11,13H,7H2,2-3H3. The average molecular weight is 176 g/mol. The van der Waals surface area contributed by atoms with Gasteiger partial charge in [0.05, 0.1) is 0 Å². The SMILES string of the molecule is C#CC(O)C1(C)C2C=CC(C2)C1C. The highest BCUT2D eigenvalue weighted by atomic mass is 16.3. The molecule has 2 aliphatic carbocycles. The van der Waals surface area contributed by atoms with Crippen molar-refractivity contribution in [3.63, 3.8) is 0 Å². The zero-order valence-corrected chi connectivity index (χ0v) is 8.20. The lowest BCUT2D eigenvalue weighted by Gasteiger charge is -2.38. The molecule has 1 heteroatoms. The van der Waals surface area contributed by atoms with Gasteiger partial charge in [0.1, 0.15) is 6.10 Å². The van der Waals surface area contributed by atoms with Crippen molar-refractivity contribution in [2.24, 2.45) is 23.2 Å². The molecule has 0 saturated heterocycles. The molecule has 1 fully saturated rings. The van der Waals surface area contributed by atoms with E-state index in [9.17, 15) is 5.11 Å². The number of aliphatic hydroxyl groups excluding tert-OH is 1. The van der Waals surface area contributed by atoms with Crippen molar-refractivity contribution in [3.8, 4) is 12.3 Å². The van der Waals surface area contributed by atoms with Gasteiger partial charge in [-0.15, -0.1) is 6.42 Å². The highest BCUT2D eigenvalue weighted by Crippen LogP contribution is 2.57. The minimum Gasteiger partial charge on any atom is -0.380 e. The van der Waals surface area contributed by atoms with Crippen molar-refractivity contribution in [3.05, 3.63) is 12.2 Å². The van der Waals surface area contributed by atoms with E-state index < -0.39 is 6.10 Å². The Morgan fingerprint density at radius 1 is 1.62 bits per heavy atom. The van der Waals surface area contributed by atoms with Crippen molar-refractivity contribution < 1.29 is 5.11 Å². The lowest BCUT2D eigenvalue weighted by atomic mass is 9.67. The van der Waals surface area contributed by atoms with Gasteiger partial charge in [0.2, 0.25) is 0 Å². The fourth-order valence-electron chi connectivity index (χ4n) is 2.99. The van der Waals surface area contributed by atoms with Crippen LogP contribution in [0, 0.1) is 35.5 Å². The Labute approximate surface area is 79.8 Å². The Kier molecular flexibility index (Phi) is 1.78. The molecule has 5 atom stereocenters. The molecule has 1 nitrogen and oxygen atoms in total. The van der Waals surface area contributed by atoms with E-state index in [4.69, 9.17) is 6.42 Å². The molecule has 5 unspecified atom stereocenters. The first-order valence-corrected chi connectivity index (χ1v) is 4.93.